The molecule has 6 nitrogen and oxygen atoms in total. The van der Waals surface area contributed by atoms with Gasteiger partial charge in [0.1, 0.15) is 0 Å². The number of carbonyl (C=O) groups excluding carboxylic acids is 1. The van der Waals surface area contributed by atoms with Crippen molar-refractivity contribution in [1.82, 2.24) is 19.5 Å². The van der Waals surface area contributed by atoms with Crippen LogP contribution in [0.1, 0.15) is 37.2 Å². The smallest absolute Gasteiger partial charge is 0.334 e. The van der Waals surface area contributed by atoms with Gasteiger partial charge in [-0.3, -0.25) is 5.01 Å². The molecule has 2 heterocycles. The standard InChI is InChI=1S/C19H25N5O/c20-24-18(25)23(13-12-22-11-10-21-15-22)14-19(24)8-6-17(7-9-19)16-4-2-1-3-5-16/h1-5,10-11,15,17H,6-9,12-14,20H2. The van der Waals surface area contributed by atoms with Gasteiger partial charge in [0, 0.05) is 32.0 Å². The Labute approximate surface area is 148 Å². The number of rotatable bonds is 4. The summed E-state index contributed by atoms with van der Waals surface area (Å²) in [6.45, 7) is 2.16. The van der Waals surface area contributed by atoms with Crippen LogP contribution >= 0.6 is 0 Å². The molecule has 1 aliphatic carbocycles. The number of aromatic nitrogens is 2. The van der Waals surface area contributed by atoms with Gasteiger partial charge in [-0.25, -0.2) is 15.6 Å². The Morgan fingerprint density at radius 1 is 1.16 bits per heavy atom. The Balaban J connectivity index is 1.40. The van der Waals surface area contributed by atoms with E-state index in [1.165, 1.54) is 10.6 Å². The molecule has 2 aromatic rings. The van der Waals surface area contributed by atoms with Gasteiger partial charge in [-0.1, -0.05) is 30.3 Å². The van der Waals surface area contributed by atoms with Crippen molar-refractivity contribution in [3.8, 4) is 0 Å². The third-order valence-corrected chi connectivity index (χ3v) is 5.85. The van der Waals surface area contributed by atoms with Crippen LogP contribution in [0.3, 0.4) is 0 Å². The van der Waals surface area contributed by atoms with E-state index < -0.39 is 0 Å². The zero-order chi connectivity index (χ0) is 17.3. The molecule has 132 valence electrons. The fourth-order valence-corrected chi connectivity index (χ4v) is 4.30. The molecule has 0 radical (unpaired) electrons. The van der Waals surface area contributed by atoms with Crippen molar-refractivity contribution in [2.45, 2.75) is 43.7 Å². The molecule has 2 fully saturated rings. The van der Waals surface area contributed by atoms with Crippen LogP contribution in [0.15, 0.2) is 49.1 Å². The summed E-state index contributed by atoms with van der Waals surface area (Å²) in [4.78, 5) is 18.5. The second kappa shape index (κ2) is 6.52. The lowest BCUT2D eigenvalue weighted by Crippen LogP contribution is -2.53. The van der Waals surface area contributed by atoms with Gasteiger partial charge in [0.25, 0.3) is 0 Å². The summed E-state index contributed by atoms with van der Waals surface area (Å²) in [5.41, 5.74) is 1.21. The first-order valence-corrected chi connectivity index (χ1v) is 9.02. The van der Waals surface area contributed by atoms with E-state index in [-0.39, 0.29) is 11.6 Å². The topological polar surface area (TPSA) is 67.4 Å². The van der Waals surface area contributed by atoms with Gasteiger partial charge in [0.2, 0.25) is 0 Å². The largest absolute Gasteiger partial charge is 0.336 e. The lowest BCUT2D eigenvalue weighted by molar-refractivity contribution is 0.113. The first-order chi connectivity index (χ1) is 12.2. The van der Waals surface area contributed by atoms with E-state index >= 15 is 0 Å². The maximum Gasteiger partial charge on any atom is 0.334 e. The Morgan fingerprint density at radius 3 is 2.60 bits per heavy atom. The highest BCUT2D eigenvalue weighted by Gasteiger charge is 2.49. The molecule has 1 spiro atoms. The second-order valence-electron chi connectivity index (χ2n) is 7.28. The van der Waals surface area contributed by atoms with Crippen molar-refractivity contribution in [2.24, 2.45) is 5.84 Å². The van der Waals surface area contributed by atoms with Crippen LogP contribution in [0, 0.1) is 0 Å². The van der Waals surface area contributed by atoms with Gasteiger partial charge in [0.15, 0.2) is 0 Å². The van der Waals surface area contributed by atoms with Gasteiger partial charge in [-0.15, -0.1) is 0 Å². The van der Waals surface area contributed by atoms with E-state index in [0.29, 0.717) is 12.5 Å². The maximum atomic E-state index is 12.6. The van der Waals surface area contributed by atoms with E-state index in [1.807, 2.05) is 15.7 Å². The van der Waals surface area contributed by atoms with Gasteiger partial charge < -0.3 is 9.47 Å². The normalized spacial score (nSPS) is 26.6. The molecule has 1 saturated carbocycles. The minimum absolute atomic E-state index is 0.0433. The lowest BCUT2D eigenvalue weighted by Gasteiger charge is -2.40. The molecule has 25 heavy (non-hydrogen) atoms. The third-order valence-electron chi connectivity index (χ3n) is 5.85. The molecule has 2 amide bonds. The number of amides is 2. The molecule has 1 aromatic carbocycles. The van der Waals surface area contributed by atoms with Crippen molar-refractivity contribution < 1.29 is 4.79 Å². The quantitative estimate of drug-likeness (QED) is 0.688. The molecule has 0 atom stereocenters. The first kappa shape index (κ1) is 16.1. The lowest BCUT2D eigenvalue weighted by atomic mass is 9.74. The summed E-state index contributed by atoms with van der Waals surface area (Å²) in [6, 6.07) is 10.6. The number of nitrogens with two attached hydrogens (primary N) is 1. The summed E-state index contributed by atoms with van der Waals surface area (Å²) >= 11 is 0. The molecule has 0 bridgehead atoms. The van der Waals surface area contributed by atoms with Crippen molar-refractivity contribution >= 4 is 6.03 Å². The van der Waals surface area contributed by atoms with Crippen LogP contribution < -0.4 is 5.84 Å². The number of imidazole rings is 1. The Morgan fingerprint density at radius 2 is 1.92 bits per heavy atom. The van der Waals surface area contributed by atoms with Crippen molar-refractivity contribution in [2.75, 3.05) is 13.1 Å². The highest BCUT2D eigenvalue weighted by molar-refractivity contribution is 5.77. The zero-order valence-corrected chi connectivity index (χ0v) is 14.4. The predicted molar refractivity (Wildman–Crippen MR) is 95.6 cm³/mol. The number of benzene rings is 1. The summed E-state index contributed by atoms with van der Waals surface area (Å²) < 4.78 is 1.99. The number of hydrazine groups is 1. The number of hydrogen-bond acceptors (Lipinski definition) is 3. The van der Waals surface area contributed by atoms with Crippen molar-refractivity contribution in [3.63, 3.8) is 0 Å². The average Bonchev–Trinajstić information content (AvgIpc) is 3.25. The highest BCUT2D eigenvalue weighted by atomic mass is 16.2. The molecule has 2 N–H and O–H groups in total. The molecular weight excluding hydrogens is 314 g/mol. The van der Waals surface area contributed by atoms with Crippen LogP contribution in [0.4, 0.5) is 4.79 Å². The van der Waals surface area contributed by atoms with Gasteiger partial charge in [-0.05, 0) is 37.2 Å². The minimum Gasteiger partial charge on any atom is -0.336 e. The zero-order valence-electron chi connectivity index (χ0n) is 14.4. The van der Waals surface area contributed by atoms with E-state index in [9.17, 15) is 4.79 Å². The van der Waals surface area contributed by atoms with Crippen molar-refractivity contribution in [1.29, 1.82) is 0 Å². The monoisotopic (exact) mass is 339 g/mol. The summed E-state index contributed by atoms with van der Waals surface area (Å²) in [5, 5.41) is 1.52. The fourth-order valence-electron chi connectivity index (χ4n) is 4.30. The first-order valence-electron chi connectivity index (χ1n) is 9.02. The van der Waals surface area contributed by atoms with Gasteiger partial charge in [-0.2, -0.15) is 0 Å². The second-order valence-corrected chi connectivity index (χ2v) is 7.28. The molecule has 1 aromatic heterocycles. The predicted octanol–water partition coefficient (Wildman–Crippen LogP) is 2.59. The van der Waals surface area contributed by atoms with E-state index in [0.717, 1.165) is 38.8 Å². The van der Waals surface area contributed by atoms with E-state index in [2.05, 4.69) is 35.3 Å². The number of urea groups is 1. The van der Waals surface area contributed by atoms with Crippen LogP contribution in [-0.2, 0) is 6.54 Å². The van der Waals surface area contributed by atoms with Gasteiger partial charge in [0.05, 0.1) is 11.9 Å². The maximum absolute atomic E-state index is 12.6. The summed E-state index contributed by atoms with van der Waals surface area (Å²) in [5.74, 6) is 6.81. The highest BCUT2D eigenvalue weighted by Crippen LogP contribution is 2.43. The minimum atomic E-state index is -0.197. The molecule has 2 aliphatic rings. The summed E-state index contributed by atoms with van der Waals surface area (Å²) in [7, 11) is 0. The molecular formula is C19H25N5O. The Kier molecular flexibility index (Phi) is 4.21. The van der Waals surface area contributed by atoms with Gasteiger partial charge >= 0.3 is 6.03 Å². The number of hydrogen-bond donors (Lipinski definition) is 1. The van der Waals surface area contributed by atoms with Crippen molar-refractivity contribution in [3.05, 3.63) is 54.6 Å². The number of nitrogens with zero attached hydrogens (tertiary/aromatic N) is 4. The van der Waals surface area contributed by atoms with E-state index in [4.69, 9.17) is 5.84 Å². The number of carbonyl (C=O) groups is 1. The van der Waals surface area contributed by atoms with Crippen LogP contribution in [-0.4, -0.2) is 44.1 Å². The molecule has 0 unspecified atom stereocenters. The molecule has 1 saturated heterocycles. The fraction of sp³-hybridized carbons (Fsp3) is 0.474. The Hall–Kier alpha value is -2.34. The summed E-state index contributed by atoms with van der Waals surface area (Å²) in [6.07, 6.45) is 9.56. The van der Waals surface area contributed by atoms with Crippen LogP contribution in [0.25, 0.3) is 0 Å². The molecule has 1 aliphatic heterocycles. The SMILES string of the molecule is NN1C(=O)N(CCn2ccnc2)CC12CCC(c1ccccc1)CC2. The van der Waals surface area contributed by atoms with Crippen LogP contribution in [0.5, 0.6) is 0 Å². The third kappa shape index (κ3) is 3.02. The van der Waals surface area contributed by atoms with Crippen LogP contribution in [0.2, 0.25) is 0 Å². The Bertz CT molecular complexity index is 707. The average molecular weight is 339 g/mol. The molecule has 6 heteroatoms. The van der Waals surface area contributed by atoms with E-state index in [1.54, 1.807) is 12.5 Å². The molecule has 4 rings (SSSR count).